The summed E-state index contributed by atoms with van der Waals surface area (Å²) in [5, 5.41) is 12.9. The van der Waals surface area contributed by atoms with Crippen molar-refractivity contribution in [3.63, 3.8) is 0 Å². The average molecular weight is 221 g/mol. The van der Waals surface area contributed by atoms with Crippen LogP contribution < -0.4 is 10.1 Å². The van der Waals surface area contributed by atoms with Crippen molar-refractivity contribution in [2.75, 3.05) is 13.7 Å². The highest BCUT2D eigenvalue weighted by molar-refractivity contribution is 5.39. The molecule has 0 saturated carbocycles. The summed E-state index contributed by atoms with van der Waals surface area (Å²) in [7, 11) is 1.62. The third kappa shape index (κ3) is 3.95. The van der Waals surface area contributed by atoms with E-state index in [1.807, 2.05) is 19.1 Å². The van der Waals surface area contributed by atoms with Gasteiger partial charge in [-0.1, -0.05) is 12.2 Å². The molecule has 3 heteroatoms. The molecular weight excluding hydrogens is 202 g/mol. The molecule has 0 aliphatic rings. The number of benzene rings is 1. The number of methoxy groups -OCH3 is 1. The first kappa shape index (κ1) is 12.6. The van der Waals surface area contributed by atoms with Gasteiger partial charge in [0.2, 0.25) is 0 Å². The van der Waals surface area contributed by atoms with Crippen molar-refractivity contribution in [2.45, 2.75) is 19.9 Å². The van der Waals surface area contributed by atoms with Crippen molar-refractivity contribution < 1.29 is 9.84 Å². The van der Waals surface area contributed by atoms with Crippen LogP contribution in [0, 0.1) is 0 Å². The van der Waals surface area contributed by atoms with Crippen LogP contribution in [0.25, 0.3) is 0 Å². The van der Waals surface area contributed by atoms with Crippen molar-refractivity contribution in [1.29, 1.82) is 0 Å². The lowest BCUT2D eigenvalue weighted by Crippen LogP contribution is -2.14. The summed E-state index contributed by atoms with van der Waals surface area (Å²) >= 11 is 0. The Labute approximate surface area is 96.8 Å². The third-order valence-corrected chi connectivity index (χ3v) is 2.33. The minimum absolute atomic E-state index is 0.305. The molecule has 3 nitrogen and oxygen atoms in total. The Hall–Kier alpha value is -1.48. The third-order valence-electron chi connectivity index (χ3n) is 2.33. The second kappa shape index (κ2) is 6.90. The highest BCUT2D eigenvalue weighted by Gasteiger charge is 2.02. The highest BCUT2D eigenvalue weighted by atomic mass is 16.5. The molecule has 0 bridgehead atoms. The molecule has 0 saturated heterocycles. The van der Waals surface area contributed by atoms with Gasteiger partial charge in [0, 0.05) is 12.1 Å². The fourth-order valence-corrected chi connectivity index (χ4v) is 1.41. The van der Waals surface area contributed by atoms with E-state index >= 15 is 0 Å². The summed E-state index contributed by atoms with van der Waals surface area (Å²) in [6, 6.07) is 5.25. The minimum Gasteiger partial charge on any atom is -0.508 e. The molecule has 0 aliphatic carbocycles. The molecule has 2 N–H and O–H groups in total. The van der Waals surface area contributed by atoms with Gasteiger partial charge in [-0.2, -0.15) is 0 Å². The van der Waals surface area contributed by atoms with Crippen LogP contribution in [-0.2, 0) is 6.54 Å². The maximum absolute atomic E-state index is 9.62. The van der Waals surface area contributed by atoms with Crippen LogP contribution in [0.15, 0.2) is 30.4 Å². The molecule has 0 aromatic heterocycles. The number of phenols is 1. The average Bonchev–Trinajstić information content (AvgIpc) is 2.31. The van der Waals surface area contributed by atoms with Gasteiger partial charge in [0.25, 0.3) is 0 Å². The summed E-state index contributed by atoms with van der Waals surface area (Å²) in [6.45, 7) is 3.56. The van der Waals surface area contributed by atoms with E-state index in [1.54, 1.807) is 19.2 Å². The fourth-order valence-electron chi connectivity index (χ4n) is 1.41. The Morgan fingerprint density at radius 2 is 2.25 bits per heavy atom. The van der Waals surface area contributed by atoms with Crippen LogP contribution in [0.5, 0.6) is 11.5 Å². The van der Waals surface area contributed by atoms with Crippen molar-refractivity contribution in [3.8, 4) is 11.5 Å². The standard InChI is InChI=1S/C13H19NO2/c1-3-4-5-8-14-10-11-9-12(16-2)6-7-13(11)15/h3-4,6-7,9,14-15H,5,8,10H2,1-2H3/b4-3+. The predicted octanol–water partition coefficient (Wildman–Crippen LogP) is 2.46. The molecule has 0 fully saturated rings. The van der Waals surface area contributed by atoms with Crippen LogP contribution in [0.4, 0.5) is 0 Å². The van der Waals surface area contributed by atoms with Crippen LogP contribution in [-0.4, -0.2) is 18.8 Å². The largest absolute Gasteiger partial charge is 0.508 e. The molecule has 1 aromatic carbocycles. The van der Waals surface area contributed by atoms with Crippen molar-refractivity contribution in [2.24, 2.45) is 0 Å². The Kier molecular flexibility index (Phi) is 5.43. The Bertz CT molecular complexity index is 348. The Morgan fingerprint density at radius 1 is 1.44 bits per heavy atom. The van der Waals surface area contributed by atoms with Crippen LogP contribution in [0.2, 0.25) is 0 Å². The van der Waals surface area contributed by atoms with Gasteiger partial charge < -0.3 is 15.2 Å². The minimum atomic E-state index is 0.305. The summed E-state index contributed by atoms with van der Waals surface area (Å²) in [4.78, 5) is 0. The molecule has 0 radical (unpaired) electrons. The van der Waals surface area contributed by atoms with Gasteiger partial charge in [0.15, 0.2) is 0 Å². The summed E-state index contributed by atoms with van der Waals surface area (Å²) < 4.78 is 5.10. The zero-order chi connectivity index (χ0) is 11.8. The van der Waals surface area contributed by atoms with E-state index < -0.39 is 0 Å². The maximum Gasteiger partial charge on any atom is 0.120 e. The first-order valence-electron chi connectivity index (χ1n) is 5.45. The van der Waals surface area contributed by atoms with Gasteiger partial charge in [-0.05, 0) is 38.1 Å². The molecule has 88 valence electrons. The van der Waals surface area contributed by atoms with Crippen LogP contribution in [0.1, 0.15) is 18.9 Å². The molecule has 0 amide bonds. The number of aromatic hydroxyl groups is 1. The molecule has 1 aromatic rings. The van der Waals surface area contributed by atoms with E-state index in [-0.39, 0.29) is 0 Å². The van der Waals surface area contributed by atoms with E-state index in [2.05, 4.69) is 11.4 Å². The monoisotopic (exact) mass is 221 g/mol. The fraction of sp³-hybridized carbons (Fsp3) is 0.385. The van der Waals surface area contributed by atoms with E-state index in [4.69, 9.17) is 4.74 Å². The van der Waals surface area contributed by atoms with Crippen molar-refractivity contribution in [1.82, 2.24) is 5.32 Å². The second-order valence-corrected chi connectivity index (χ2v) is 3.53. The number of hydrogen-bond donors (Lipinski definition) is 2. The van der Waals surface area contributed by atoms with E-state index in [0.717, 1.165) is 24.3 Å². The van der Waals surface area contributed by atoms with Gasteiger partial charge in [-0.3, -0.25) is 0 Å². The predicted molar refractivity (Wildman–Crippen MR) is 65.8 cm³/mol. The van der Waals surface area contributed by atoms with Gasteiger partial charge in [0.1, 0.15) is 11.5 Å². The number of phenolic OH excluding ortho intramolecular Hbond substituents is 1. The molecule has 0 unspecified atom stereocenters. The van der Waals surface area contributed by atoms with Crippen molar-refractivity contribution >= 4 is 0 Å². The molecule has 16 heavy (non-hydrogen) atoms. The second-order valence-electron chi connectivity index (χ2n) is 3.53. The van der Waals surface area contributed by atoms with Crippen molar-refractivity contribution in [3.05, 3.63) is 35.9 Å². The summed E-state index contributed by atoms with van der Waals surface area (Å²) in [5.41, 5.74) is 0.861. The first-order chi connectivity index (χ1) is 7.77. The first-order valence-corrected chi connectivity index (χ1v) is 5.45. The van der Waals surface area contributed by atoms with E-state index in [9.17, 15) is 5.11 Å². The summed E-state index contributed by atoms with van der Waals surface area (Å²) in [5.74, 6) is 1.07. The quantitative estimate of drug-likeness (QED) is 0.572. The molecule has 0 atom stereocenters. The van der Waals surface area contributed by atoms with Gasteiger partial charge in [0.05, 0.1) is 7.11 Å². The molecular formula is C13H19NO2. The molecule has 0 aliphatic heterocycles. The van der Waals surface area contributed by atoms with E-state index in [0.29, 0.717) is 12.3 Å². The SMILES string of the molecule is C/C=C/CCNCc1cc(OC)ccc1O. The van der Waals surface area contributed by atoms with Crippen LogP contribution >= 0.6 is 0 Å². The smallest absolute Gasteiger partial charge is 0.120 e. The lowest BCUT2D eigenvalue weighted by molar-refractivity contribution is 0.410. The van der Waals surface area contributed by atoms with Crippen LogP contribution in [0.3, 0.4) is 0 Å². The molecule has 0 spiro atoms. The van der Waals surface area contributed by atoms with Gasteiger partial charge >= 0.3 is 0 Å². The lowest BCUT2D eigenvalue weighted by atomic mass is 10.2. The van der Waals surface area contributed by atoms with Gasteiger partial charge in [-0.15, -0.1) is 0 Å². The maximum atomic E-state index is 9.62. The number of ether oxygens (including phenoxy) is 1. The lowest BCUT2D eigenvalue weighted by Gasteiger charge is -2.08. The number of hydrogen-bond acceptors (Lipinski definition) is 3. The number of nitrogens with one attached hydrogen (secondary N) is 1. The molecule has 1 rings (SSSR count). The number of allylic oxidation sites excluding steroid dienone is 1. The molecule has 0 heterocycles. The zero-order valence-electron chi connectivity index (χ0n) is 9.86. The normalized spacial score (nSPS) is 10.9. The Morgan fingerprint density at radius 3 is 2.94 bits per heavy atom. The topological polar surface area (TPSA) is 41.5 Å². The summed E-state index contributed by atoms with van der Waals surface area (Å²) in [6.07, 6.45) is 5.14. The number of rotatable bonds is 6. The van der Waals surface area contributed by atoms with E-state index in [1.165, 1.54) is 0 Å². The zero-order valence-corrected chi connectivity index (χ0v) is 9.86. The van der Waals surface area contributed by atoms with Gasteiger partial charge in [-0.25, -0.2) is 0 Å². The Balaban J connectivity index is 2.46. The highest BCUT2D eigenvalue weighted by Crippen LogP contribution is 2.22.